The van der Waals surface area contributed by atoms with Crippen molar-refractivity contribution in [1.29, 1.82) is 0 Å². The van der Waals surface area contributed by atoms with Gasteiger partial charge in [0, 0.05) is 36.5 Å². The highest BCUT2D eigenvalue weighted by molar-refractivity contribution is 7.93. The fourth-order valence-corrected chi connectivity index (χ4v) is 8.51. The summed E-state index contributed by atoms with van der Waals surface area (Å²) in [5.74, 6) is -2.42. The molecule has 9 nitrogen and oxygen atoms in total. The van der Waals surface area contributed by atoms with E-state index in [1.54, 1.807) is 25.1 Å². The number of aromatic nitrogens is 2. The summed E-state index contributed by atoms with van der Waals surface area (Å²) in [6.07, 6.45) is 4.75. The molecular formula is C33H35F2N3O6S2. The summed E-state index contributed by atoms with van der Waals surface area (Å²) in [7, 11) is -3.07. The molecule has 1 saturated heterocycles. The molecule has 2 fully saturated rings. The van der Waals surface area contributed by atoms with Crippen LogP contribution in [0, 0.1) is 18.6 Å². The molecule has 13 heteroatoms. The first kappa shape index (κ1) is 32.3. The van der Waals surface area contributed by atoms with Crippen LogP contribution in [0.5, 0.6) is 11.5 Å². The van der Waals surface area contributed by atoms with Crippen LogP contribution < -0.4 is 13.8 Å². The van der Waals surface area contributed by atoms with E-state index >= 15 is 8.78 Å². The molecule has 46 heavy (non-hydrogen) atoms. The molecule has 3 aromatic carbocycles. The van der Waals surface area contributed by atoms with E-state index in [9.17, 15) is 8.42 Å². The first-order valence-corrected chi connectivity index (χ1v) is 17.2. The summed E-state index contributed by atoms with van der Waals surface area (Å²) < 4.78 is 86.5. The monoisotopic (exact) mass is 671 g/mol. The van der Waals surface area contributed by atoms with E-state index in [0.717, 1.165) is 58.7 Å². The maximum atomic E-state index is 15.6. The van der Waals surface area contributed by atoms with Crippen LogP contribution in [0.2, 0.25) is 0 Å². The van der Waals surface area contributed by atoms with Gasteiger partial charge >= 0.3 is 0 Å². The van der Waals surface area contributed by atoms with Crippen molar-refractivity contribution in [2.24, 2.45) is 0 Å². The van der Waals surface area contributed by atoms with E-state index in [1.165, 1.54) is 13.4 Å². The Bertz CT molecular complexity index is 1760. The van der Waals surface area contributed by atoms with Gasteiger partial charge in [-0.05, 0) is 60.4 Å². The molecule has 2 aliphatic rings. The maximum Gasteiger partial charge on any atom is 0.269 e. The molecule has 1 aromatic heterocycles. The van der Waals surface area contributed by atoms with Gasteiger partial charge in [-0.1, -0.05) is 36.4 Å². The lowest BCUT2D eigenvalue weighted by atomic mass is 9.66. The van der Waals surface area contributed by atoms with Gasteiger partial charge in [-0.3, -0.25) is 0 Å². The van der Waals surface area contributed by atoms with Gasteiger partial charge in [-0.15, -0.1) is 0 Å². The van der Waals surface area contributed by atoms with Crippen LogP contribution in [0.1, 0.15) is 48.8 Å². The molecule has 0 unspecified atom stereocenters. The van der Waals surface area contributed by atoms with Gasteiger partial charge in [0.05, 0.1) is 33.5 Å². The molecule has 1 spiro atoms. The van der Waals surface area contributed by atoms with Crippen molar-refractivity contribution in [3.05, 3.63) is 95.3 Å². The van der Waals surface area contributed by atoms with Gasteiger partial charge in [0.15, 0.2) is 17.4 Å². The van der Waals surface area contributed by atoms with Gasteiger partial charge < -0.3 is 18.9 Å². The normalized spacial score (nSPS) is 17.2. The van der Waals surface area contributed by atoms with Gasteiger partial charge in [-0.25, -0.2) is 26.5 Å². The number of anilines is 1. The summed E-state index contributed by atoms with van der Waals surface area (Å²) in [4.78, 5) is 3.22. The topological polar surface area (TPSA) is 100 Å². The summed E-state index contributed by atoms with van der Waals surface area (Å²) >= 11 is 0.831. The molecule has 1 aliphatic heterocycles. The highest BCUT2D eigenvalue weighted by Crippen LogP contribution is 2.48. The Morgan fingerprint density at radius 3 is 2.37 bits per heavy atom. The lowest BCUT2D eigenvalue weighted by molar-refractivity contribution is -0.185. The van der Waals surface area contributed by atoms with E-state index in [4.69, 9.17) is 18.9 Å². The minimum atomic E-state index is -4.60. The average molecular weight is 672 g/mol. The Morgan fingerprint density at radius 2 is 1.72 bits per heavy atom. The number of nitrogens with zero attached hydrogens (tertiary/aromatic N) is 3. The predicted octanol–water partition coefficient (Wildman–Crippen LogP) is 6.55. The van der Waals surface area contributed by atoms with Crippen molar-refractivity contribution >= 4 is 26.7 Å². The standard InChI is InChI=1S/C33H35F2N3O6S2/c1-23-18-26(41-2)9-8-24(23)21-38(31-36-22-37-45-31)46(39,40)30-20-27(34)29(19-28(30)35)42-15-14-32(25-6-4-3-5-7-25)10-12-33(13-11-32)43-16-17-44-33/h3-9,18-20,22H,10-17,21H2,1-2H3. The lowest BCUT2D eigenvalue weighted by Gasteiger charge is -2.44. The molecule has 1 aliphatic carbocycles. The van der Waals surface area contributed by atoms with E-state index < -0.39 is 32.3 Å². The highest BCUT2D eigenvalue weighted by Gasteiger charge is 2.47. The molecule has 4 aromatic rings. The number of aryl methyl sites for hydroxylation is 1. The Hall–Kier alpha value is -3.65. The third-order valence-corrected chi connectivity index (χ3v) is 11.5. The van der Waals surface area contributed by atoms with E-state index in [0.29, 0.717) is 37.0 Å². The fraction of sp³-hybridized carbons (Fsp3) is 0.394. The molecule has 1 saturated carbocycles. The second-order valence-electron chi connectivity index (χ2n) is 11.6. The molecule has 0 N–H and O–H groups in total. The van der Waals surface area contributed by atoms with Crippen LogP contribution in [-0.2, 0) is 31.5 Å². The van der Waals surface area contributed by atoms with Gasteiger partial charge in [0.25, 0.3) is 10.0 Å². The minimum Gasteiger partial charge on any atom is -0.497 e. The molecule has 6 rings (SSSR count). The molecule has 0 atom stereocenters. The Kier molecular flexibility index (Phi) is 9.28. The van der Waals surface area contributed by atoms with Crippen LogP contribution in [0.15, 0.2) is 71.9 Å². The summed E-state index contributed by atoms with van der Waals surface area (Å²) in [5, 5.41) is 0.0178. The zero-order valence-corrected chi connectivity index (χ0v) is 27.2. The average Bonchev–Trinajstić information content (AvgIpc) is 3.76. The van der Waals surface area contributed by atoms with Crippen LogP contribution in [-0.4, -0.2) is 50.5 Å². The number of hydrogen-bond donors (Lipinski definition) is 0. The number of ether oxygens (including phenoxy) is 4. The number of halogens is 2. The lowest BCUT2D eigenvalue weighted by Crippen LogP contribution is -2.42. The summed E-state index contributed by atoms with van der Waals surface area (Å²) in [6, 6.07) is 16.7. The number of sulfonamides is 1. The number of benzene rings is 3. The van der Waals surface area contributed by atoms with E-state index in [1.807, 2.05) is 18.2 Å². The first-order valence-electron chi connectivity index (χ1n) is 15.0. The van der Waals surface area contributed by atoms with E-state index in [2.05, 4.69) is 21.5 Å². The van der Waals surface area contributed by atoms with Crippen molar-refractivity contribution in [2.75, 3.05) is 31.2 Å². The Morgan fingerprint density at radius 1 is 0.978 bits per heavy atom. The zero-order valence-electron chi connectivity index (χ0n) is 25.6. The van der Waals surface area contributed by atoms with E-state index in [-0.39, 0.29) is 29.4 Å². The Labute approximate surface area is 271 Å². The van der Waals surface area contributed by atoms with Crippen molar-refractivity contribution in [1.82, 2.24) is 9.36 Å². The molecule has 244 valence electrons. The largest absolute Gasteiger partial charge is 0.497 e. The predicted molar refractivity (Wildman–Crippen MR) is 169 cm³/mol. The minimum absolute atomic E-state index is 0.0178. The summed E-state index contributed by atoms with van der Waals surface area (Å²) in [6.45, 7) is 2.89. The summed E-state index contributed by atoms with van der Waals surface area (Å²) in [5.41, 5.74) is 2.27. The fourth-order valence-electron chi connectivity index (χ4n) is 6.32. The molecule has 0 radical (unpaired) electrons. The molecular weight excluding hydrogens is 637 g/mol. The van der Waals surface area contributed by atoms with Gasteiger partial charge in [0.1, 0.15) is 22.8 Å². The van der Waals surface area contributed by atoms with Crippen LogP contribution >= 0.6 is 11.5 Å². The smallest absolute Gasteiger partial charge is 0.269 e. The van der Waals surface area contributed by atoms with Crippen LogP contribution in [0.3, 0.4) is 0 Å². The van der Waals surface area contributed by atoms with Gasteiger partial charge in [-0.2, -0.15) is 4.37 Å². The van der Waals surface area contributed by atoms with Crippen molar-refractivity contribution < 1.29 is 36.1 Å². The Balaban J connectivity index is 1.21. The first-order chi connectivity index (χ1) is 22.1. The number of methoxy groups -OCH3 is 1. The molecule has 0 amide bonds. The zero-order chi connectivity index (χ0) is 32.4. The number of hydrogen-bond acceptors (Lipinski definition) is 9. The maximum absolute atomic E-state index is 15.6. The van der Waals surface area contributed by atoms with Gasteiger partial charge in [0.2, 0.25) is 5.13 Å². The van der Waals surface area contributed by atoms with Crippen LogP contribution in [0.25, 0.3) is 0 Å². The second-order valence-corrected chi connectivity index (χ2v) is 14.2. The number of rotatable bonds is 11. The third kappa shape index (κ3) is 6.46. The third-order valence-electron chi connectivity index (χ3n) is 8.99. The SMILES string of the molecule is COc1ccc(CN(c2ncns2)S(=O)(=O)c2cc(F)c(OCCC3(c4ccccc4)CCC4(CC3)OCCO4)cc2F)c(C)c1. The van der Waals surface area contributed by atoms with Crippen LogP contribution in [0.4, 0.5) is 13.9 Å². The van der Waals surface area contributed by atoms with Crippen molar-refractivity contribution in [3.8, 4) is 11.5 Å². The molecule has 0 bridgehead atoms. The second kappa shape index (κ2) is 13.2. The van der Waals surface area contributed by atoms with Crippen molar-refractivity contribution in [3.63, 3.8) is 0 Å². The highest BCUT2D eigenvalue weighted by atomic mass is 32.2. The molecule has 2 heterocycles. The quantitative estimate of drug-likeness (QED) is 0.177. The van der Waals surface area contributed by atoms with Crippen molar-refractivity contribution in [2.45, 2.75) is 61.7 Å².